The smallest absolute Gasteiger partial charge is 0.238 e. The molecule has 0 aliphatic heterocycles. The first-order chi connectivity index (χ1) is 14.2. The van der Waals surface area contributed by atoms with Gasteiger partial charge >= 0.3 is 0 Å². The van der Waals surface area contributed by atoms with Crippen LogP contribution in [0.5, 0.6) is 0 Å². The minimum Gasteiger partial charge on any atom is -0.438 e. The number of thioether (sulfide) groups is 1. The van der Waals surface area contributed by atoms with Crippen molar-refractivity contribution in [1.29, 1.82) is 0 Å². The van der Waals surface area contributed by atoms with Crippen LogP contribution in [0.3, 0.4) is 0 Å². The molecule has 0 bridgehead atoms. The Labute approximate surface area is 184 Å². The number of hydrogen-bond acceptors (Lipinski definition) is 7. The van der Waals surface area contributed by atoms with E-state index >= 15 is 0 Å². The maximum Gasteiger partial charge on any atom is 0.238 e. The molecule has 0 amide bonds. The Kier molecular flexibility index (Phi) is 6.74. The predicted octanol–water partition coefficient (Wildman–Crippen LogP) is 4.22. The molecule has 156 valence electrons. The van der Waals surface area contributed by atoms with Gasteiger partial charge in [-0.05, 0) is 24.3 Å². The average molecular weight is 462 g/mol. The van der Waals surface area contributed by atoms with Gasteiger partial charge in [-0.2, -0.15) is 0 Å². The third-order valence-electron chi connectivity index (χ3n) is 4.09. The van der Waals surface area contributed by atoms with Gasteiger partial charge in [0.1, 0.15) is 10.9 Å². The van der Waals surface area contributed by atoms with Crippen LogP contribution in [0.25, 0.3) is 22.6 Å². The lowest BCUT2D eigenvalue weighted by Gasteiger charge is -2.13. The maximum absolute atomic E-state index is 11.6. The lowest BCUT2D eigenvalue weighted by molar-refractivity contribution is 0.0205. The van der Waals surface area contributed by atoms with E-state index in [1.54, 1.807) is 18.2 Å². The van der Waals surface area contributed by atoms with Crippen LogP contribution in [0.1, 0.15) is 11.1 Å². The molecule has 1 aromatic heterocycles. The van der Waals surface area contributed by atoms with E-state index in [0.29, 0.717) is 22.9 Å². The number of sulfonamides is 1. The molecule has 0 fully saturated rings. The Bertz CT molecular complexity index is 1160. The van der Waals surface area contributed by atoms with Crippen LogP contribution in [0, 0.1) is 0 Å². The van der Waals surface area contributed by atoms with E-state index in [0.717, 1.165) is 22.4 Å². The summed E-state index contributed by atoms with van der Waals surface area (Å²) in [6, 6.07) is 15.5. The molecule has 1 heterocycles. The summed E-state index contributed by atoms with van der Waals surface area (Å²) in [5.74, 6) is 0.816. The topological polar surface area (TPSA) is 110 Å². The second-order valence-electron chi connectivity index (χ2n) is 6.23. The maximum atomic E-state index is 11.6. The highest BCUT2D eigenvalue weighted by molar-refractivity contribution is 8.23. The number of aromatic nitrogens is 1. The molecule has 0 aliphatic carbocycles. The predicted molar refractivity (Wildman–Crippen MR) is 121 cm³/mol. The van der Waals surface area contributed by atoms with Crippen LogP contribution in [-0.2, 0) is 10.0 Å². The van der Waals surface area contributed by atoms with Gasteiger partial charge in [0.2, 0.25) is 15.9 Å². The molecule has 7 nitrogen and oxygen atoms in total. The summed E-state index contributed by atoms with van der Waals surface area (Å²) in [6.07, 6.45) is 1.62. The fraction of sp³-hybridized carbons (Fsp3) is 0.100. The molecule has 0 spiro atoms. The normalized spacial score (nSPS) is 12.4. The largest absolute Gasteiger partial charge is 0.438 e. The van der Waals surface area contributed by atoms with Crippen LogP contribution in [0.4, 0.5) is 0 Å². The molecule has 0 saturated heterocycles. The highest BCUT2D eigenvalue weighted by atomic mass is 32.2. The van der Waals surface area contributed by atoms with Crippen molar-refractivity contribution in [3.63, 3.8) is 0 Å². The minimum absolute atomic E-state index is 0.00288. The van der Waals surface area contributed by atoms with E-state index in [1.807, 2.05) is 30.3 Å². The number of benzene rings is 2. The number of hydroxylamine groups is 2. The first kappa shape index (κ1) is 22.2. The number of nitrogens with zero attached hydrogens (tertiary/aromatic N) is 2. The molecule has 3 N–H and O–H groups in total. The van der Waals surface area contributed by atoms with Crippen molar-refractivity contribution >= 4 is 38.3 Å². The van der Waals surface area contributed by atoms with Crippen molar-refractivity contribution in [2.45, 2.75) is 10.1 Å². The SMILES string of the molecule is C=CC(SC(=S)N(C)O)c1nc(-c2ccccc2)c(-c2ccc(S(N)(=O)=O)cc2)o1. The monoisotopic (exact) mass is 461 g/mol. The van der Waals surface area contributed by atoms with Gasteiger partial charge in [-0.1, -0.05) is 60.4 Å². The number of oxazole rings is 1. The Morgan fingerprint density at radius 1 is 1.23 bits per heavy atom. The summed E-state index contributed by atoms with van der Waals surface area (Å²) in [5.41, 5.74) is 2.05. The second kappa shape index (κ2) is 9.11. The molecule has 3 aromatic rings. The quantitative estimate of drug-likeness (QED) is 0.319. The van der Waals surface area contributed by atoms with Crippen molar-refractivity contribution in [3.8, 4) is 22.6 Å². The molecule has 0 saturated carbocycles. The Hall–Kier alpha value is -2.50. The van der Waals surface area contributed by atoms with Crippen LogP contribution in [-0.4, -0.2) is 35.0 Å². The van der Waals surface area contributed by atoms with Gasteiger partial charge in [0.05, 0.1) is 4.90 Å². The fourth-order valence-corrected chi connectivity index (χ4v) is 4.12. The zero-order chi connectivity index (χ0) is 21.9. The molecular formula is C20H19N3O4S3. The molecule has 1 unspecified atom stereocenters. The highest BCUT2D eigenvalue weighted by Crippen LogP contribution is 2.39. The van der Waals surface area contributed by atoms with Gasteiger partial charge in [0, 0.05) is 18.2 Å². The molecule has 0 radical (unpaired) electrons. The Morgan fingerprint density at radius 3 is 2.40 bits per heavy atom. The molecular weight excluding hydrogens is 442 g/mol. The average Bonchev–Trinajstić information content (AvgIpc) is 3.17. The Balaban J connectivity index is 2.09. The molecule has 10 heteroatoms. The van der Waals surface area contributed by atoms with E-state index in [4.69, 9.17) is 21.8 Å². The molecule has 3 rings (SSSR count). The third kappa shape index (κ3) is 4.97. The van der Waals surface area contributed by atoms with Crippen LogP contribution < -0.4 is 5.14 Å². The van der Waals surface area contributed by atoms with E-state index in [-0.39, 0.29) is 9.22 Å². The Morgan fingerprint density at radius 2 is 1.87 bits per heavy atom. The standard InChI is InChI=1S/C20H19N3O4S3/c1-3-16(29-20(28)23(2)24)19-22-17(13-7-5-4-6-8-13)18(27-19)14-9-11-15(12-10-14)30(21,25)26/h3-12,16,24H,1H2,2H3,(H2,21,25,26). The van der Waals surface area contributed by atoms with Crippen molar-refractivity contribution in [1.82, 2.24) is 10.0 Å². The number of thiocarbonyl (C=S) groups is 1. The fourth-order valence-electron chi connectivity index (χ4n) is 2.63. The van der Waals surface area contributed by atoms with Gasteiger partial charge < -0.3 is 4.42 Å². The number of rotatable bonds is 6. The lowest BCUT2D eigenvalue weighted by atomic mass is 10.1. The summed E-state index contributed by atoms with van der Waals surface area (Å²) in [4.78, 5) is 4.65. The summed E-state index contributed by atoms with van der Waals surface area (Å²) >= 11 is 6.31. The molecule has 0 aliphatic rings. The summed E-state index contributed by atoms with van der Waals surface area (Å²) in [5, 5.41) is 15.1. The van der Waals surface area contributed by atoms with Crippen LogP contribution in [0.15, 0.2) is 76.6 Å². The summed E-state index contributed by atoms with van der Waals surface area (Å²) in [6.45, 7) is 3.81. The first-order valence-corrected chi connectivity index (χ1v) is 11.5. The van der Waals surface area contributed by atoms with E-state index in [2.05, 4.69) is 11.6 Å². The third-order valence-corrected chi connectivity index (χ3v) is 6.68. The van der Waals surface area contributed by atoms with E-state index < -0.39 is 15.3 Å². The van der Waals surface area contributed by atoms with Crippen molar-refractivity contribution in [3.05, 3.63) is 73.1 Å². The number of primary sulfonamides is 1. The van der Waals surface area contributed by atoms with Gasteiger partial charge in [-0.15, -0.1) is 6.58 Å². The summed E-state index contributed by atoms with van der Waals surface area (Å²) < 4.78 is 29.4. The molecule has 2 aromatic carbocycles. The highest BCUT2D eigenvalue weighted by Gasteiger charge is 2.24. The van der Waals surface area contributed by atoms with Gasteiger partial charge in [0.15, 0.2) is 10.1 Å². The second-order valence-corrected chi connectivity index (χ2v) is 9.57. The van der Waals surface area contributed by atoms with Crippen molar-refractivity contribution < 1.29 is 18.0 Å². The summed E-state index contributed by atoms with van der Waals surface area (Å²) in [7, 11) is -2.37. The molecule has 30 heavy (non-hydrogen) atoms. The van der Waals surface area contributed by atoms with Gasteiger partial charge in [-0.25, -0.2) is 23.6 Å². The van der Waals surface area contributed by atoms with E-state index in [9.17, 15) is 13.6 Å². The van der Waals surface area contributed by atoms with Crippen LogP contribution in [0.2, 0.25) is 0 Å². The van der Waals surface area contributed by atoms with Crippen molar-refractivity contribution in [2.24, 2.45) is 5.14 Å². The van der Waals surface area contributed by atoms with Crippen molar-refractivity contribution in [2.75, 3.05) is 7.05 Å². The first-order valence-electron chi connectivity index (χ1n) is 8.66. The van der Waals surface area contributed by atoms with E-state index in [1.165, 1.54) is 19.2 Å². The number of nitrogens with two attached hydrogens (primary N) is 1. The zero-order valence-electron chi connectivity index (χ0n) is 15.9. The lowest BCUT2D eigenvalue weighted by Crippen LogP contribution is -2.18. The van der Waals surface area contributed by atoms with Crippen LogP contribution >= 0.6 is 24.0 Å². The number of hydrogen-bond donors (Lipinski definition) is 2. The minimum atomic E-state index is -3.80. The zero-order valence-corrected chi connectivity index (χ0v) is 18.4. The molecule has 1 atom stereocenters. The van der Waals surface area contributed by atoms with Gasteiger partial charge in [-0.3, -0.25) is 5.21 Å². The van der Waals surface area contributed by atoms with Gasteiger partial charge in [0.25, 0.3) is 0 Å².